The molecule has 0 aromatic carbocycles. The Hall–Kier alpha value is -1.10. The van der Waals surface area contributed by atoms with Gasteiger partial charge in [-0.25, -0.2) is 0 Å². The number of hydrogen-bond acceptors (Lipinski definition) is 5. The van der Waals surface area contributed by atoms with Crippen LogP contribution in [0.15, 0.2) is 0 Å². The number of esters is 2. The standard InChI is InChI=1S/C10H17NO4/c1-3-14-9(12)7-5-11-6-8(7)10(13)15-4-2/h7-8,11H,3-6H2,1-2H3/t7-,8-/m0/s1. The summed E-state index contributed by atoms with van der Waals surface area (Å²) < 4.78 is 9.80. The number of hydrogen-bond donors (Lipinski definition) is 1. The van der Waals surface area contributed by atoms with Crippen LogP contribution >= 0.6 is 0 Å². The Morgan fingerprint density at radius 3 is 1.80 bits per heavy atom. The summed E-state index contributed by atoms with van der Waals surface area (Å²) in [5.41, 5.74) is 0. The van der Waals surface area contributed by atoms with Crippen LogP contribution < -0.4 is 5.32 Å². The van der Waals surface area contributed by atoms with Crippen molar-refractivity contribution in [3.8, 4) is 0 Å². The van der Waals surface area contributed by atoms with Gasteiger partial charge < -0.3 is 14.8 Å². The maximum atomic E-state index is 11.5. The number of carbonyl (C=O) groups excluding carboxylic acids is 2. The molecule has 0 amide bonds. The fraction of sp³-hybridized carbons (Fsp3) is 0.800. The van der Waals surface area contributed by atoms with Gasteiger partial charge in [0.2, 0.25) is 0 Å². The van der Waals surface area contributed by atoms with Crippen molar-refractivity contribution in [1.29, 1.82) is 0 Å². The second-order valence-electron chi connectivity index (χ2n) is 3.38. The maximum Gasteiger partial charge on any atom is 0.311 e. The van der Waals surface area contributed by atoms with Crippen LogP contribution in [0.2, 0.25) is 0 Å². The Bertz CT molecular complexity index is 218. The number of ether oxygens (including phenoxy) is 2. The molecule has 2 atom stereocenters. The molecule has 5 nitrogen and oxygen atoms in total. The number of carbonyl (C=O) groups is 2. The topological polar surface area (TPSA) is 64.6 Å². The second kappa shape index (κ2) is 5.70. The predicted octanol–water partition coefficient (Wildman–Crippen LogP) is -0.0518. The molecule has 1 N–H and O–H groups in total. The number of nitrogens with one attached hydrogen (secondary N) is 1. The second-order valence-corrected chi connectivity index (χ2v) is 3.38. The highest BCUT2D eigenvalue weighted by atomic mass is 16.5. The molecule has 0 saturated carbocycles. The van der Waals surface area contributed by atoms with Gasteiger partial charge in [-0.3, -0.25) is 9.59 Å². The van der Waals surface area contributed by atoms with E-state index in [0.717, 1.165) is 0 Å². The SMILES string of the molecule is CCOC(=O)[C@H]1CNC[C@@H]1C(=O)OCC. The van der Waals surface area contributed by atoms with Crippen molar-refractivity contribution in [2.24, 2.45) is 11.8 Å². The van der Waals surface area contributed by atoms with Gasteiger partial charge in [0.05, 0.1) is 25.0 Å². The van der Waals surface area contributed by atoms with Gasteiger partial charge in [-0.2, -0.15) is 0 Å². The van der Waals surface area contributed by atoms with Crippen LogP contribution in [-0.4, -0.2) is 38.2 Å². The van der Waals surface area contributed by atoms with Crippen molar-refractivity contribution < 1.29 is 19.1 Å². The van der Waals surface area contributed by atoms with Crippen molar-refractivity contribution in [1.82, 2.24) is 5.32 Å². The lowest BCUT2D eigenvalue weighted by molar-refractivity contribution is -0.157. The van der Waals surface area contributed by atoms with E-state index in [2.05, 4.69) is 5.32 Å². The van der Waals surface area contributed by atoms with Crippen LogP contribution in [0.3, 0.4) is 0 Å². The van der Waals surface area contributed by atoms with E-state index in [1.165, 1.54) is 0 Å². The van der Waals surface area contributed by atoms with E-state index in [9.17, 15) is 9.59 Å². The van der Waals surface area contributed by atoms with Gasteiger partial charge in [0.15, 0.2) is 0 Å². The molecule has 86 valence electrons. The van der Waals surface area contributed by atoms with Gasteiger partial charge >= 0.3 is 11.9 Å². The van der Waals surface area contributed by atoms with E-state index in [1.54, 1.807) is 13.8 Å². The highest BCUT2D eigenvalue weighted by Crippen LogP contribution is 2.19. The summed E-state index contributed by atoms with van der Waals surface area (Å²) in [6.45, 7) is 5.15. The highest BCUT2D eigenvalue weighted by Gasteiger charge is 2.39. The van der Waals surface area contributed by atoms with Crippen LogP contribution in [0.5, 0.6) is 0 Å². The molecule has 15 heavy (non-hydrogen) atoms. The molecule has 0 unspecified atom stereocenters. The first-order valence-corrected chi connectivity index (χ1v) is 5.24. The first-order valence-electron chi connectivity index (χ1n) is 5.24. The van der Waals surface area contributed by atoms with Crippen molar-refractivity contribution in [2.75, 3.05) is 26.3 Å². The lowest BCUT2D eigenvalue weighted by Gasteiger charge is -2.15. The van der Waals surface area contributed by atoms with E-state index >= 15 is 0 Å². The molecule has 1 rings (SSSR count). The van der Waals surface area contributed by atoms with Crippen LogP contribution in [0, 0.1) is 11.8 Å². The molecule has 5 heteroatoms. The maximum absolute atomic E-state index is 11.5. The lowest BCUT2D eigenvalue weighted by Crippen LogP contribution is -2.31. The van der Waals surface area contributed by atoms with Gasteiger partial charge in [-0.05, 0) is 13.8 Å². The van der Waals surface area contributed by atoms with Gasteiger partial charge in [0, 0.05) is 13.1 Å². The fourth-order valence-corrected chi connectivity index (χ4v) is 1.67. The third kappa shape index (κ3) is 2.92. The minimum absolute atomic E-state index is 0.319. The summed E-state index contributed by atoms with van der Waals surface area (Å²) in [5, 5.41) is 3.00. The summed E-state index contributed by atoms with van der Waals surface area (Å²) in [5.74, 6) is -1.44. The summed E-state index contributed by atoms with van der Waals surface area (Å²) in [4.78, 5) is 23.0. The van der Waals surface area contributed by atoms with Crippen molar-refractivity contribution >= 4 is 11.9 Å². The molecule has 0 spiro atoms. The molecule has 0 radical (unpaired) electrons. The van der Waals surface area contributed by atoms with E-state index in [-0.39, 0.29) is 11.9 Å². The Morgan fingerprint density at radius 1 is 1.07 bits per heavy atom. The summed E-state index contributed by atoms with van der Waals surface area (Å²) in [7, 11) is 0. The van der Waals surface area contributed by atoms with E-state index < -0.39 is 11.8 Å². The van der Waals surface area contributed by atoms with Crippen molar-refractivity contribution in [3.05, 3.63) is 0 Å². The molecule has 0 aliphatic carbocycles. The third-order valence-electron chi connectivity index (χ3n) is 2.39. The third-order valence-corrected chi connectivity index (χ3v) is 2.39. The van der Waals surface area contributed by atoms with Gasteiger partial charge in [-0.1, -0.05) is 0 Å². The zero-order valence-electron chi connectivity index (χ0n) is 9.12. The molecule has 0 bridgehead atoms. The number of rotatable bonds is 4. The summed E-state index contributed by atoms with van der Waals surface area (Å²) in [6.07, 6.45) is 0. The average molecular weight is 215 g/mol. The fourth-order valence-electron chi connectivity index (χ4n) is 1.67. The Balaban J connectivity index is 2.56. The average Bonchev–Trinajstić information content (AvgIpc) is 2.66. The molecule has 0 aromatic rings. The van der Waals surface area contributed by atoms with E-state index in [1.807, 2.05) is 0 Å². The minimum Gasteiger partial charge on any atom is -0.466 e. The molecule has 1 heterocycles. The quantitative estimate of drug-likeness (QED) is 0.666. The molecule has 0 aromatic heterocycles. The van der Waals surface area contributed by atoms with Crippen LogP contribution in [0.1, 0.15) is 13.8 Å². The Labute approximate surface area is 89.1 Å². The Kier molecular flexibility index (Phi) is 4.55. The molecular formula is C10H17NO4. The first-order chi connectivity index (χ1) is 7.20. The van der Waals surface area contributed by atoms with Crippen molar-refractivity contribution in [2.45, 2.75) is 13.8 Å². The van der Waals surface area contributed by atoms with Gasteiger partial charge in [-0.15, -0.1) is 0 Å². The first kappa shape index (κ1) is 12.0. The minimum atomic E-state index is -0.399. The van der Waals surface area contributed by atoms with Crippen LogP contribution in [-0.2, 0) is 19.1 Å². The van der Waals surface area contributed by atoms with E-state index in [0.29, 0.717) is 26.3 Å². The molecular weight excluding hydrogens is 198 g/mol. The Morgan fingerprint density at radius 2 is 1.47 bits per heavy atom. The normalized spacial score (nSPS) is 24.9. The van der Waals surface area contributed by atoms with Crippen molar-refractivity contribution in [3.63, 3.8) is 0 Å². The van der Waals surface area contributed by atoms with Crippen LogP contribution in [0.25, 0.3) is 0 Å². The monoisotopic (exact) mass is 215 g/mol. The van der Waals surface area contributed by atoms with E-state index in [4.69, 9.17) is 9.47 Å². The van der Waals surface area contributed by atoms with Gasteiger partial charge in [0.25, 0.3) is 0 Å². The molecule has 1 saturated heterocycles. The van der Waals surface area contributed by atoms with Gasteiger partial charge in [0.1, 0.15) is 0 Å². The molecule has 1 fully saturated rings. The van der Waals surface area contributed by atoms with Crippen LogP contribution in [0.4, 0.5) is 0 Å². The molecule has 1 aliphatic heterocycles. The molecule has 1 aliphatic rings. The lowest BCUT2D eigenvalue weighted by atomic mass is 9.96. The summed E-state index contributed by atoms with van der Waals surface area (Å²) in [6, 6.07) is 0. The smallest absolute Gasteiger partial charge is 0.311 e. The predicted molar refractivity (Wildman–Crippen MR) is 53.1 cm³/mol. The summed E-state index contributed by atoms with van der Waals surface area (Å²) >= 11 is 0. The highest BCUT2D eigenvalue weighted by molar-refractivity contribution is 5.83. The largest absolute Gasteiger partial charge is 0.466 e. The zero-order valence-corrected chi connectivity index (χ0v) is 9.12. The zero-order chi connectivity index (χ0) is 11.3.